The van der Waals surface area contributed by atoms with E-state index in [-0.39, 0.29) is 5.71 Å². The minimum absolute atomic E-state index is 0.289. The summed E-state index contributed by atoms with van der Waals surface area (Å²) < 4.78 is 0. The van der Waals surface area contributed by atoms with Crippen LogP contribution in [0.2, 0.25) is 10.0 Å². The molecule has 6 heteroatoms. The lowest BCUT2D eigenvalue weighted by Crippen LogP contribution is -2.30. The number of halogens is 2. The Labute approximate surface area is 297 Å². The van der Waals surface area contributed by atoms with E-state index < -0.39 is 6.17 Å². The molecule has 1 unspecified atom stereocenters. The van der Waals surface area contributed by atoms with Gasteiger partial charge in [-0.25, -0.2) is 0 Å². The molecule has 0 spiro atoms. The van der Waals surface area contributed by atoms with E-state index >= 15 is 0 Å². The van der Waals surface area contributed by atoms with Gasteiger partial charge >= 0.3 is 0 Å². The molecule has 0 amide bonds. The summed E-state index contributed by atoms with van der Waals surface area (Å²) in [5.74, 6) is 0. The second-order valence-corrected chi connectivity index (χ2v) is 12.1. The summed E-state index contributed by atoms with van der Waals surface area (Å²) in [6.07, 6.45) is -0.736. The summed E-state index contributed by atoms with van der Waals surface area (Å²) in [6, 6.07) is 55.1. The largest absolute Gasteiger partial charge is 0.339 e. The van der Waals surface area contributed by atoms with E-state index in [9.17, 15) is 5.41 Å². The molecule has 1 atom stereocenters. The molecule has 0 aliphatic rings. The summed E-state index contributed by atoms with van der Waals surface area (Å²) in [7, 11) is 0. The van der Waals surface area contributed by atoms with Crippen LogP contribution in [-0.2, 0) is 6.54 Å². The number of aliphatic imine (C=N–C) groups is 2. The third-order valence-electron chi connectivity index (χ3n) is 8.14. The number of rotatable bonds is 12. The zero-order chi connectivity index (χ0) is 34.0. The minimum Gasteiger partial charge on any atom is -0.339 e. The third-order valence-corrected chi connectivity index (χ3v) is 8.85. The zero-order valence-corrected chi connectivity index (χ0v) is 28.3. The number of nitrogens with one attached hydrogen (secondary N) is 1. The van der Waals surface area contributed by atoms with Crippen molar-refractivity contribution in [2.45, 2.75) is 12.7 Å². The topological polar surface area (TPSA) is 51.8 Å². The van der Waals surface area contributed by atoms with Crippen molar-refractivity contribution in [3.8, 4) is 0 Å². The molecule has 0 saturated carbocycles. The first-order valence-corrected chi connectivity index (χ1v) is 16.6. The van der Waals surface area contributed by atoms with Crippen LogP contribution in [0.5, 0.6) is 0 Å². The Morgan fingerprint density at radius 3 is 1.59 bits per heavy atom. The second-order valence-electron chi connectivity index (χ2n) is 11.3. The summed E-state index contributed by atoms with van der Waals surface area (Å²) in [6.45, 7) is 4.40. The van der Waals surface area contributed by atoms with E-state index in [0.29, 0.717) is 28.0 Å². The summed E-state index contributed by atoms with van der Waals surface area (Å²) in [4.78, 5) is 12.4. The quantitative estimate of drug-likeness (QED) is 0.102. The Kier molecular flexibility index (Phi) is 10.9. The molecule has 1 N–H and O–H groups in total. The van der Waals surface area contributed by atoms with Gasteiger partial charge in [0.05, 0.1) is 22.8 Å². The molecule has 6 aromatic carbocycles. The molecule has 4 nitrogen and oxygen atoms in total. The third kappa shape index (κ3) is 7.79. The van der Waals surface area contributed by atoms with Crippen molar-refractivity contribution < 1.29 is 0 Å². The van der Waals surface area contributed by atoms with Gasteiger partial charge in [-0.2, -0.15) is 0 Å². The Bertz CT molecular complexity index is 2090. The van der Waals surface area contributed by atoms with E-state index in [1.54, 1.807) is 0 Å². The standard InChI is InChI=1S/C43H34Cl2N4/c1-47-41(33-22-10-4-11-23-33)42(34-24-12-5-13-25-34)49(30-35-26-14-16-28-37(35)44)43(36-27-15-17-29-38(36)45)48-40(32-20-8-3-9-21-32)39(46)31-18-6-2-7-19-31/h2-29,43,46H,1,30H2/b42-41-,46-39?,48-40?. The maximum absolute atomic E-state index is 9.51. The van der Waals surface area contributed by atoms with Gasteiger partial charge in [-0.05, 0) is 24.4 Å². The van der Waals surface area contributed by atoms with Crippen LogP contribution < -0.4 is 0 Å². The highest BCUT2D eigenvalue weighted by Gasteiger charge is 2.30. The molecule has 0 aliphatic heterocycles. The highest BCUT2D eigenvalue weighted by Crippen LogP contribution is 2.41. The number of nitrogens with zero attached hydrogens (tertiary/aromatic N) is 3. The summed E-state index contributed by atoms with van der Waals surface area (Å²) >= 11 is 14.0. The van der Waals surface area contributed by atoms with Crippen molar-refractivity contribution in [2.75, 3.05) is 0 Å². The second kappa shape index (κ2) is 16.0. The minimum atomic E-state index is -0.736. The van der Waals surface area contributed by atoms with Gasteiger partial charge in [-0.15, -0.1) is 0 Å². The molecular formula is C43H34Cl2N4. The Hall–Kier alpha value is -5.55. The van der Waals surface area contributed by atoms with Gasteiger partial charge in [0, 0.05) is 44.4 Å². The fourth-order valence-electron chi connectivity index (χ4n) is 5.77. The molecule has 0 heterocycles. The van der Waals surface area contributed by atoms with Crippen LogP contribution in [0.25, 0.3) is 11.4 Å². The van der Waals surface area contributed by atoms with Crippen molar-refractivity contribution in [3.05, 3.63) is 213 Å². The van der Waals surface area contributed by atoms with Crippen LogP contribution in [0, 0.1) is 5.41 Å². The van der Waals surface area contributed by atoms with E-state index in [2.05, 4.69) is 28.7 Å². The van der Waals surface area contributed by atoms with Crippen LogP contribution in [0.1, 0.15) is 39.5 Å². The molecule has 240 valence electrons. The molecule has 0 aliphatic carbocycles. The van der Waals surface area contributed by atoms with Crippen molar-refractivity contribution in [1.29, 1.82) is 5.41 Å². The summed E-state index contributed by atoms with van der Waals surface area (Å²) in [5.41, 5.74) is 7.27. The summed E-state index contributed by atoms with van der Waals surface area (Å²) in [5, 5.41) is 10.7. The lowest BCUT2D eigenvalue weighted by atomic mass is 9.98. The van der Waals surface area contributed by atoms with Gasteiger partial charge in [0.2, 0.25) is 0 Å². The van der Waals surface area contributed by atoms with Crippen LogP contribution in [-0.4, -0.2) is 23.0 Å². The lowest BCUT2D eigenvalue weighted by molar-refractivity contribution is 0.300. The average molecular weight is 678 g/mol. The average Bonchev–Trinajstić information content (AvgIpc) is 3.16. The fraction of sp³-hybridized carbons (Fsp3) is 0.0465. The molecule has 49 heavy (non-hydrogen) atoms. The van der Waals surface area contributed by atoms with E-state index in [1.165, 1.54) is 0 Å². The van der Waals surface area contributed by atoms with Crippen LogP contribution in [0.3, 0.4) is 0 Å². The highest BCUT2D eigenvalue weighted by molar-refractivity contribution is 6.52. The molecule has 0 aromatic heterocycles. The van der Waals surface area contributed by atoms with Gasteiger partial charge in [-0.3, -0.25) is 15.4 Å². The number of hydrogen-bond acceptors (Lipinski definition) is 4. The predicted molar refractivity (Wildman–Crippen MR) is 207 cm³/mol. The fourth-order valence-corrected chi connectivity index (χ4v) is 6.20. The van der Waals surface area contributed by atoms with Gasteiger partial charge in [-0.1, -0.05) is 181 Å². The highest BCUT2D eigenvalue weighted by atomic mass is 35.5. The number of benzene rings is 6. The van der Waals surface area contributed by atoms with E-state index in [4.69, 9.17) is 28.2 Å². The van der Waals surface area contributed by atoms with E-state index in [1.807, 2.05) is 158 Å². The maximum atomic E-state index is 9.51. The normalized spacial score (nSPS) is 12.5. The van der Waals surface area contributed by atoms with Crippen molar-refractivity contribution in [2.24, 2.45) is 9.98 Å². The zero-order valence-electron chi connectivity index (χ0n) is 26.8. The van der Waals surface area contributed by atoms with Crippen LogP contribution in [0.4, 0.5) is 0 Å². The van der Waals surface area contributed by atoms with Gasteiger partial charge in [0.1, 0.15) is 6.17 Å². The first-order valence-electron chi connectivity index (χ1n) is 15.9. The maximum Gasteiger partial charge on any atom is 0.149 e. The smallest absolute Gasteiger partial charge is 0.149 e. The molecule has 0 bridgehead atoms. The van der Waals surface area contributed by atoms with Gasteiger partial charge in [0.15, 0.2) is 0 Å². The first kappa shape index (κ1) is 33.4. The van der Waals surface area contributed by atoms with E-state index in [0.717, 1.165) is 39.1 Å². The van der Waals surface area contributed by atoms with Crippen LogP contribution >= 0.6 is 23.2 Å². The monoisotopic (exact) mass is 676 g/mol. The molecule has 0 saturated heterocycles. The first-order chi connectivity index (χ1) is 24.0. The lowest BCUT2D eigenvalue weighted by Gasteiger charge is -2.36. The predicted octanol–water partition coefficient (Wildman–Crippen LogP) is 11.3. The molecule has 6 aromatic rings. The molecular weight excluding hydrogens is 643 g/mol. The van der Waals surface area contributed by atoms with Crippen LogP contribution in [0.15, 0.2) is 180 Å². The van der Waals surface area contributed by atoms with Crippen molar-refractivity contribution in [3.63, 3.8) is 0 Å². The van der Waals surface area contributed by atoms with Gasteiger partial charge < -0.3 is 4.90 Å². The Morgan fingerprint density at radius 2 is 1.04 bits per heavy atom. The Balaban J connectivity index is 1.71. The Morgan fingerprint density at radius 1 is 0.571 bits per heavy atom. The molecule has 0 fully saturated rings. The van der Waals surface area contributed by atoms with Crippen molar-refractivity contribution >= 4 is 52.7 Å². The van der Waals surface area contributed by atoms with Gasteiger partial charge in [0.25, 0.3) is 0 Å². The molecule has 0 radical (unpaired) electrons. The molecule has 6 rings (SSSR count). The SMILES string of the molecule is C=N/C(=C(/c1ccccc1)N(Cc1ccccc1Cl)C(N=C(C(=N)c1ccccc1)c1ccccc1)c1ccccc1Cl)c1ccccc1. The van der Waals surface area contributed by atoms with Crippen molar-refractivity contribution in [1.82, 2.24) is 4.90 Å². The number of hydrogen-bond donors (Lipinski definition) is 1.